The number of hydrogen-bond donors (Lipinski definition) is 0. The van der Waals surface area contributed by atoms with Crippen LogP contribution in [0.2, 0.25) is 0 Å². The monoisotopic (exact) mass is 219 g/mol. The number of nitrogens with zero attached hydrogens (tertiary/aromatic N) is 1. The molecule has 0 aromatic rings. The fourth-order valence-corrected chi connectivity index (χ4v) is 1.70. The number of ether oxygens (including phenoxy) is 1. The highest BCUT2D eigenvalue weighted by atomic mass is 32.2. The molecule has 0 atom stereocenters. The number of carbonyl (C=O) groups excluding carboxylic acids is 1. The highest BCUT2D eigenvalue weighted by molar-refractivity contribution is 7.89. The molecule has 0 fully saturated rings. The summed E-state index contributed by atoms with van der Waals surface area (Å²) in [6, 6.07) is 0. The van der Waals surface area contributed by atoms with Crippen LogP contribution >= 0.6 is 0 Å². The molecule has 80 valence electrons. The van der Waals surface area contributed by atoms with Crippen LogP contribution in [0.15, 0.2) is 0 Å². The highest BCUT2D eigenvalue weighted by Gasteiger charge is 2.18. The van der Waals surface area contributed by atoms with Crippen LogP contribution in [0.5, 0.6) is 0 Å². The number of rotatable bonds is 5. The van der Waals surface area contributed by atoms with Crippen LogP contribution in [0.25, 0.3) is 0 Å². The number of carbonyl (C=O) groups is 1. The van der Waals surface area contributed by atoms with Crippen molar-refractivity contribution in [3.63, 3.8) is 0 Å². The van der Waals surface area contributed by atoms with Gasteiger partial charge in [-0.2, -0.15) is 4.31 Å². The summed E-state index contributed by atoms with van der Waals surface area (Å²) in [7, 11) is -0.862. The van der Waals surface area contributed by atoms with Crippen LogP contribution in [0.3, 0.4) is 0 Å². The number of hydrogen-bond acceptors (Lipinski definition) is 4. The van der Waals surface area contributed by atoms with Crippen molar-refractivity contribution in [2.24, 2.45) is 0 Å². The van der Waals surface area contributed by atoms with E-state index in [4.69, 9.17) is 6.42 Å². The Morgan fingerprint density at radius 1 is 1.57 bits per heavy atom. The van der Waals surface area contributed by atoms with Gasteiger partial charge in [0.2, 0.25) is 10.0 Å². The van der Waals surface area contributed by atoms with E-state index in [9.17, 15) is 13.2 Å². The summed E-state index contributed by atoms with van der Waals surface area (Å²) in [5.41, 5.74) is 0. The van der Waals surface area contributed by atoms with Crippen LogP contribution in [-0.2, 0) is 19.6 Å². The van der Waals surface area contributed by atoms with E-state index in [2.05, 4.69) is 10.7 Å². The number of sulfonamides is 1. The second kappa shape index (κ2) is 5.62. The maximum absolute atomic E-state index is 11.4. The van der Waals surface area contributed by atoms with Crippen molar-refractivity contribution in [2.45, 2.75) is 6.42 Å². The Bertz CT molecular complexity index is 328. The summed E-state index contributed by atoms with van der Waals surface area (Å²) in [6.45, 7) is 0.00348. The molecule has 0 aromatic carbocycles. The van der Waals surface area contributed by atoms with Crippen molar-refractivity contribution in [1.29, 1.82) is 0 Å². The fourth-order valence-electron chi connectivity index (χ4n) is 0.697. The van der Waals surface area contributed by atoms with Gasteiger partial charge in [0, 0.05) is 7.05 Å². The molecule has 0 saturated heterocycles. The van der Waals surface area contributed by atoms with Gasteiger partial charge in [0.05, 0.1) is 25.8 Å². The molecule has 6 heteroatoms. The summed E-state index contributed by atoms with van der Waals surface area (Å²) in [5.74, 6) is 1.37. The molecular formula is C8H13NO4S. The third kappa shape index (κ3) is 4.25. The molecule has 0 aromatic heterocycles. The first-order chi connectivity index (χ1) is 6.44. The standard InChI is InChI=1S/C8H13NO4S/c1-4-6-9(2)14(11,12)7-5-8(10)13-3/h1H,5-7H2,2-3H3. The van der Waals surface area contributed by atoms with Crippen molar-refractivity contribution < 1.29 is 17.9 Å². The first-order valence-electron chi connectivity index (χ1n) is 3.88. The molecule has 5 nitrogen and oxygen atoms in total. The SMILES string of the molecule is C#CCN(C)S(=O)(=O)CCC(=O)OC. The van der Waals surface area contributed by atoms with Crippen molar-refractivity contribution in [1.82, 2.24) is 4.31 Å². The van der Waals surface area contributed by atoms with E-state index in [0.717, 1.165) is 4.31 Å². The lowest BCUT2D eigenvalue weighted by atomic mass is 10.5. The lowest BCUT2D eigenvalue weighted by Crippen LogP contribution is -2.30. The third-order valence-corrected chi connectivity index (χ3v) is 3.38. The van der Waals surface area contributed by atoms with Gasteiger partial charge in [0.25, 0.3) is 0 Å². The van der Waals surface area contributed by atoms with E-state index in [1.165, 1.54) is 14.2 Å². The van der Waals surface area contributed by atoms with Gasteiger partial charge in [-0.05, 0) is 0 Å². The van der Waals surface area contributed by atoms with Crippen molar-refractivity contribution in [3.05, 3.63) is 0 Å². The average molecular weight is 219 g/mol. The van der Waals surface area contributed by atoms with Crippen LogP contribution in [0.4, 0.5) is 0 Å². The average Bonchev–Trinajstić information content (AvgIpc) is 2.14. The maximum atomic E-state index is 11.4. The summed E-state index contributed by atoms with van der Waals surface area (Å²) in [4.78, 5) is 10.7. The maximum Gasteiger partial charge on any atom is 0.306 e. The van der Waals surface area contributed by atoms with Gasteiger partial charge in [-0.3, -0.25) is 4.79 Å². The molecule has 0 saturated carbocycles. The van der Waals surface area contributed by atoms with E-state index >= 15 is 0 Å². The molecule has 0 N–H and O–H groups in total. The molecule has 0 rings (SSSR count). The molecule has 14 heavy (non-hydrogen) atoms. The molecule has 0 aliphatic heterocycles. The summed E-state index contributed by atoms with van der Waals surface area (Å²) < 4.78 is 28.1. The van der Waals surface area contributed by atoms with Crippen LogP contribution < -0.4 is 0 Å². The predicted molar refractivity (Wildman–Crippen MR) is 51.9 cm³/mol. The molecule has 0 bridgehead atoms. The van der Waals surface area contributed by atoms with Crippen LogP contribution in [0.1, 0.15) is 6.42 Å². The summed E-state index contributed by atoms with van der Waals surface area (Å²) in [5, 5.41) is 0. The van der Waals surface area contributed by atoms with Crippen molar-refractivity contribution in [3.8, 4) is 12.3 Å². The minimum atomic E-state index is -3.44. The molecule has 0 spiro atoms. The van der Waals surface area contributed by atoms with Gasteiger partial charge in [-0.15, -0.1) is 6.42 Å². The Labute approximate surface area is 84.1 Å². The number of terminal acetylenes is 1. The molecule has 0 heterocycles. The number of methoxy groups -OCH3 is 1. The Morgan fingerprint density at radius 3 is 2.57 bits per heavy atom. The van der Waals surface area contributed by atoms with Gasteiger partial charge < -0.3 is 4.74 Å². The van der Waals surface area contributed by atoms with Gasteiger partial charge in [-0.1, -0.05) is 5.92 Å². The second-order valence-corrected chi connectivity index (χ2v) is 4.80. The van der Waals surface area contributed by atoms with Gasteiger partial charge in [-0.25, -0.2) is 8.42 Å². The zero-order valence-electron chi connectivity index (χ0n) is 8.19. The molecule has 0 aliphatic rings. The topological polar surface area (TPSA) is 63.7 Å². The second-order valence-electron chi connectivity index (χ2n) is 2.60. The Kier molecular flexibility index (Phi) is 5.20. The van der Waals surface area contributed by atoms with E-state index in [1.807, 2.05) is 0 Å². The van der Waals surface area contributed by atoms with Gasteiger partial charge >= 0.3 is 5.97 Å². The quantitative estimate of drug-likeness (QED) is 0.459. The minimum Gasteiger partial charge on any atom is -0.469 e. The smallest absolute Gasteiger partial charge is 0.306 e. The third-order valence-electron chi connectivity index (χ3n) is 1.58. The molecule has 0 aliphatic carbocycles. The first-order valence-corrected chi connectivity index (χ1v) is 5.49. The lowest BCUT2D eigenvalue weighted by Gasteiger charge is -2.13. The first kappa shape index (κ1) is 12.9. The van der Waals surface area contributed by atoms with E-state index in [0.29, 0.717) is 0 Å². The highest BCUT2D eigenvalue weighted by Crippen LogP contribution is 2.00. The van der Waals surface area contributed by atoms with Crippen molar-refractivity contribution in [2.75, 3.05) is 26.5 Å². The Morgan fingerprint density at radius 2 is 2.14 bits per heavy atom. The Hall–Kier alpha value is -1.06. The zero-order chi connectivity index (χ0) is 11.2. The summed E-state index contributed by atoms with van der Waals surface area (Å²) in [6.07, 6.45) is 4.80. The minimum absolute atomic E-state index is 0.00348. The molecule has 0 radical (unpaired) electrons. The van der Waals surface area contributed by atoms with Crippen molar-refractivity contribution >= 4 is 16.0 Å². The van der Waals surface area contributed by atoms with Gasteiger partial charge in [0.15, 0.2) is 0 Å². The van der Waals surface area contributed by atoms with E-state index in [-0.39, 0.29) is 18.7 Å². The number of esters is 1. The molecular weight excluding hydrogens is 206 g/mol. The normalized spacial score (nSPS) is 11.0. The van der Waals surface area contributed by atoms with Crippen LogP contribution in [-0.4, -0.2) is 45.1 Å². The van der Waals surface area contributed by atoms with E-state index in [1.54, 1.807) is 0 Å². The predicted octanol–water partition coefficient (Wildman–Crippen LogP) is -0.556. The molecule has 0 amide bonds. The summed E-state index contributed by atoms with van der Waals surface area (Å²) >= 11 is 0. The zero-order valence-corrected chi connectivity index (χ0v) is 9.00. The lowest BCUT2D eigenvalue weighted by molar-refractivity contribution is -0.140. The molecule has 0 unspecified atom stereocenters. The van der Waals surface area contributed by atoms with E-state index < -0.39 is 16.0 Å². The largest absolute Gasteiger partial charge is 0.469 e. The Balaban J connectivity index is 4.23. The fraction of sp³-hybridized carbons (Fsp3) is 0.625. The van der Waals surface area contributed by atoms with Gasteiger partial charge in [0.1, 0.15) is 0 Å². The van der Waals surface area contributed by atoms with Crippen LogP contribution in [0, 0.1) is 12.3 Å².